The summed E-state index contributed by atoms with van der Waals surface area (Å²) >= 11 is 6.13. The molecule has 0 atom stereocenters. The van der Waals surface area contributed by atoms with Crippen LogP contribution in [0.2, 0.25) is 5.02 Å². The fourth-order valence-corrected chi connectivity index (χ4v) is 2.75. The molecule has 10 heteroatoms. The second-order valence-electron chi connectivity index (χ2n) is 5.88. The number of aromatic nitrogens is 3. The number of benzene rings is 2. The van der Waals surface area contributed by atoms with Gasteiger partial charge in [0.05, 0.1) is 18.7 Å². The molecule has 0 radical (unpaired) electrons. The molecule has 0 aliphatic carbocycles. The number of halogens is 4. The van der Waals surface area contributed by atoms with Gasteiger partial charge in [0.25, 0.3) is 5.56 Å². The number of nitrogens with zero attached hydrogens (tertiary/aromatic N) is 3. The Bertz CT molecular complexity index is 1080. The average molecular weight is 411 g/mol. The van der Waals surface area contributed by atoms with Crippen molar-refractivity contribution in [3.63, 3.8) is 0 Å². The van der Waals surface area contributed by atoms with Crippen LogP contribution in [0.5, 0.6) is 5.75 Å². The number of nitrogens with one attached hydrogen (secondary N) is 1. The van der Waals surface area contributed by atoms with Gasteiger partial charge in [-0.1, -0.05) is 11.6 Å². The van der Waals surface area contributed by atoms with Gasteiger partial charge in [0.15, 0.2) is 17.5 Å². The molecule has 6 nitrogen and oxygen atoms in total. The minimum Gasteiger partial charge on any atom is -0.495 e. The van der Waals surface area contributed by atoms with Gasteiger partial charge in [0.2, 0.25) is 5.95 Å². The molecule has 0 fully saturated rings. The Kier molecular flexibility index (Phi) is 5.55. The van der Waals surface area contributed by atoms with Crippen molar-refractivity contribution in [2.45, 2.75) is 13.5 Å². The van der Waals surface area contributed by atoms with Crippen molar-refractivity contribution in [1.29, 1.82) is 0 Å². The monoisotopic (exact) mass is 410 g/mol. The van der Waals surface area contributed by atoms with Crippen LogP contribution in [0.15, 0.2) is 35.3 Å². The Morgan fingerprint density at radius 2 is 1.86 bits per heavy atom. The Morgan fingerprint density at radius 1 is 1.18 bits per heavy atom. The third-order valence-corrected chi connectivity index (χ3v) is 4.18. The normalized spacial score (nSPS) is 10.8. The van der Waals surface area contributed by atoms with Gasteiger partial charge in [-0.15, -0.1) is 0 Å². The zero-order valence-electron chi connectivity index (χ0n) is 14.8. The molecule has 0 saturated heterocycles. The zero-order chi connectivity index (χ0) is 20.4. The molecule has 0 spiro atoms. The molecule has 2 aromatic carbocycles. The summed E-state index contributed by atoms with van der Waals surface area (Å²) in [7, 11) is 1.48. The van der Waals surface area contributed by atoms with Gasteiger partial charge in [-0.2, -0.15) is 10.1 Å². The van der Waals surface area contributed by atoms with Gasteiger partial charge in [0.1, 0.15) is 11.9 Å². The molecule has 1 heterocycles. The molecular formula is C18H14ClF3N4O2. The first-order valence-electron chi connectivity index (χ1n) is 7.97. The number of methoxy groups -OCH3 is 1. The molecule has 0 aliphatic heterocycles. The van der Waals surface area contributed by atoms with Gasteiger partial charge in [-0.25, -0.2) is 17.9 Å². The van der Waals surface area contributed by atoms with Crippen LogP contribution in [0.1, 0.15) is 11.1 Å². The standard InChI is InChI=1S/C18H14ClF3N4O2/c1-9-3-15(28-2)11(19)6-14(9)24-18-25-16(27)7-23-26(18)8-10-4-12(20)17(22)13(21)5-10/h3-7H,8H2,1-2H3,(H,24,25,27). The largest absolute Gasteiger partial charge is 0.495 e. The van der Waals surface area contributed by atoms with E-state index in [0.29, 0.717) is 16.5 Å². The number of ether oxygens (including phenoxy) is 1. The molecule has 28 heavy (non-hydrogen) atoms. The smallest absolute Gasteiger partial charge is 0.293 e. The van der Waals surface area contributed by atoms with E-state index in [4.69, 9.17) is 16.3 Å². The topological polar surface area (TPSA) is 69.0 Å². The number of hydrogen-bond acceptors (Lipinski definition) is 5. The molecule has 0 aliphatic rings. The van der Waals surface area contributed by atoms with Gasteiger partial charge in [-0.3, -0.25) is 4.79 Å². The number of rotatable bonds is 5. The maximum Gasteiger partial charge on any atom is 0.293 e. The lowest BCUT2D eigenvalue weighted by molar-refractivity contribution is 0.415. The lowest BCUT2D eigenvalue weighted by Crippen LogP contribution is -2.19. The van der Waals surface area contributed by atoms with Crippen molar-refractivity contribution >= 4 is 23.2 Å². The predicted molar refractivity (Wildman–Crippen MR) is 97.7 cm³/mol. The second-order valence-corrected chi connectivity index (χ2v) is 6.28. The minimum absolute atomic E-state index is 0.0157. The van der Waals surface area contributed by atoms with E-state index in [1.165, 1.54) is 11.8 Å². The van der Waals surface area contributed by atoms with Gasteiger partial charge >= 0.3 is 0 Å². The summed E-state index contributed by atoms with van der Waals surface area (Å²) in [5, 5.41) is 7.17. The van der Waals surface area contributed by atoms with Crippen molar-refractivity contribution in [3.05, 3.63) is 74.4 Å². The van der Waals surface area contributed by atoms with E-state index in [1.807, 2.05) is 0 Å². The lowest BCUT2D eigenvalue weighted by Gasteiger charge is -2.15. The highest BCUT2D eigenvalue weighted by Crippen LogP contribution is 2.31. The maximum atomic E-state index is 13.5. The minimum atomic E-state index is -1.56. The second kappa shape index (κ2) is 7.89. The van der Waals surface area contributed by atoms with Crippen LogP contribution in [0.3, 0.4) is 0 Å². The first kappa shape index (κ1) is 19.7. The molecule has 1 aromatic heterocycles. The van der Waals surface area contributed by atoms with Crippen LogP contribution in [0.4, 0.5) is 24.8 Å². The zero-order valence-corrected chi connectivity index (χ0v) is 15.5. The van der Waals surface area contributed by atoms with Crippen LogP contribution in [0.25, 0.3) is 0 Å². The SMILES string of the molecule is COc1cc(C)c(Nc2nc(=O)cnn2Cc2cc(F)c(F)c(F)c2)cc1Cl. The van der Waals surface area contributed by atoms with E-state index in [1.54, 1.807) is 19.1 Å². The predicted octanol–water partition coefficient (Wildman–Crippen LogP) is 3.82. The van der Waals surface area contributed by atoms with Crippen LogP contribution in [-0.2, 0) is 6.54 Å². The van der Waals surface area contributed by atoms with Gasteiger partial charge in [0, 0.05) is 5.69 Å². The van der Waals surface area contributed by atoms with Crippen molar-refractivity contribution in [2.24, 2.45) is 0 Å². The highest BCUT2D eigenvalue weighted by molar-refractivity contribution is 6.32. The Labute approximate surface area is 162 Å². The molecule has 3 rings (SSSR count). The Hall–Kier alpha value is -3.07. The summed E-state index contributed by atoms with van der Waals surface area (Å²) in [6.45, 7) is 1.62. The van der Waals surface area contributed by atoms with Crippen molar-refractivity contribution in [1.82, 2.24) is 14.8 Å². The average Bonchev–Trinajstić information content (AvgIpc) is 2.64. The fourth-order valence-electron chi connectivity index (χ4n) is 2.51. The van der Waals surface area contributed by atoms with E-state index in [9.17, 15) is 18.0 Å². The molecule has 1 N–H and O–H groups in total. The quantitative estimate of drug-likeness (QED) is 0.648. The van der Waals surface area contributed by atoms with Crippen molar-refractivity contribution in [2.75, 3.05) is 12.4 Å². The molecule has 0 unspecified atom stereocenters. The summed E-state index contributed by atoms with van der Waals surface area (Å²) in [6, 6.07) is 4.96. The maximum absolute atomic E-state index is 13.5. The first-order valence-corrected chi connectivity index (χ1v) is 8.35. The molecular weight excluding hydrogens is 397 g/mol. The van der Waals surface area contributed by atoms with E-state index in [0.717, 1.165) is 23.9 Å². The highest BCUT2D eigenvalue weighted by Gasteiger charge is 2.14. The Balaban J connectivity index is 1.98. The van der Waals surface area contributed by atoms with Crippen LogP contribution in [0, 0.1) is 24.4 Å². The summed E-state index contributed by atoms with van der Waals surface area (Å²) in [6.07, 6.45) is 0.954. The molecule has 3 aromatic rings. The third-order valence-electron chi connectivity index (χ3n) is 3.89. The van der Waals surface area contributed by atoms with E-state index in [-0.39, 0.29) is 18.1 Å². The molecule has 0 bridgehead atoms. The summed E-state index contributed by atoms with van der Waals surface area (Å²) in [5.74, 6) is -3.72. The summed E-state index contributed by atoms with van der Waals surface area (Å²) < 4.78 is 46.4. The molecule has 0 amide bonds. The van der Waals surface area contributed by atoms with Crippen LogP contribution >= 0.6 is 11.6 Å². The number of hydrogen-bond donors (Lipinski definition) is 1. The summed E-state index contributed by atoms with van der Waals surface area (Å²) in [4.78, 5) is 15.5. The van der Waals surface area contributed by atoms with E-state index < -0.39 is 23.0 Å². The van der Waals surface area contributed by atoms with Crippen LogP contribution in [-0.4, -0.2) is 21.9 Å². The van der Waals surface area contributed by atoms with Crippen molar-refractivity contribution < 1.29 is 17.9 Å². The summed E-state index contributed by atoms with van der Waals surface area (Å²) in [5.41, 5.74) is 0.745. The molecule has 146 valence electrons. The highest BCUT2D eigenvalue weighted by atomic mass is 35.5. The van der Waals surface area contributed by atoms with E-state index >= 15 is 0 Å². The lowest BCUT2D eigenvalue weighted by atomic mass is 10.2. The number of aryl methyl sites for hydroxylation is 1. The van der Waals surface area contributed by atoms with E-state index in [2.05, 4.69) is 15.4 Å². The van der Waals surface area contributed by atoms with Crippen molar-refractivity contribution in [3.8, 4) is 5.75 Å². The van der Waals surface area contributed by atoms with Gasteiger partial charge < -0.3 is 10.1 Å². The van der Waals surface area contributed by atoms with Gasteiger partial charge in [-0.05, 0) is 42.3 Å². The Morgan fingerprint density at radius 3 is 2.50 bits per heavy atom. The molecule has 0 saturated carbocycles. The number of anilines is 2. The fraction of sp³-hybridized carbons (Fsp3) is 0.167. The third kappa shape index (κ3) is 4.09. The van der Waals surface area contributed by atoms with Crippen LogP contribution < -0.4 is 15.6 Å². The first-order chi connectivity index (χ1) is 13.3.